The standard InChI is InChI=1S/C24H27N3O5/c1-24(22(30)25-2,23(31)26-32)27(3)21(29)20-14-12-19(13-15-20)11-10-18-8-6-17(7-9-18)5-4-16-28/h6-9,12-15,28,32H,4-5,16H2,1-3H3,(H,25,30)(H,26,31). The second-order valence-corrected chi connectivity index (χ2v) is 7.31. The van der Waals surface area contributed by atoms with Crippen molar-refractivity contribution >= 4 is 17.7 Å². The Morgan fingerprint density at radius 1 is 0.969 bits per heavy atom. The first-order valence-electron chi connectivity index (χ1n) is 10.0. The lowest BCUT2D eigenvalue weighted by atomic mass is 9.96. The van der Waals surface area contributed by atoms with Gasteiger partial charge in [0.15, 0.2) is 5.54 Å². The first kappa shape index (κ1) is 24.6. The Balaban J connectivity index is 2.16. The minimum atomic E-state index is -1.94. The molecule has 8 heteroatoms. The predicted octanol–water partition coefficient (Wildman–Crippen LogP) is 1.09. The van der Waals surface area contributed by atoms with Gasteiger partial charge in [-0.25, -0.2) is 5.48 Å². The number of aliphatic hydroxyl groups is 1. The van der Waals surface area contributed by atoms with Gasteiger partial charge in [-0.15, -0.1) is 0 Å². The third kappa shape index (κ3) is 5.52. The van der Waals surface area contributed by atoms with Crippen LogP contribution in [-0.4, -0.2) is 59.2 Å². The quantitative estimate of drug-likeness (QED) is 0.224. The molecule has 8 nitrogen and oxygen atoms in total. The van der Waals surface area contributed by atoms with Crippen LogP contribution < -0.4 is 10.8 Å². The van der Waals surface area contributed by atoms with Crippen molar-refractivity contribution in [1.29, 1.82) is 0 Å². The van der Waals surface area contributed by atoms with E-state index in [0.717, 1.165) is 28.9 Å². The van der Waals surface area contributed by atoms with Gasteiger partial charge in [0.2, 0.25) is 0 Å². The Kier molecular flexibility index (Phi) is 8.53. The molecule has 0 aliphatic carbocycles. The highest BCUT2D eigenvalue weighted by atomic mass is 16.5. The number of nitrogens with one attached hydrogen (secondary N) is 2. The largest absolute Gasteiger partial charge is 0.396 e. The summed E-state index contributed by atoms with van der Waals surface area (Å²) in [6.45, 7) is 1.40. The Morgan fingerprint density at radius 3 is 1.97 bits per heavy atom. The summed E-state index contributed by atoms with van der Waals surface area (Å²) in [4.78, 5) is 38.2. The van der Waals surface area contributed by atoms with E-state index in [1.165, 1.54) is 26.5 Å². The molecule has 1 unspecified atom stereocenters. The average Bonchev–Trinajstić information content (AvgIpc) is 2.84. The maximum atomic E-state index is 12.9. The highest BCUT2D eigenvalue weighted by Crippen LogP contribution is 2.18. The van der Waals surface area contributed by atoms with Gasteiger partial charge in [0.25, 0.3) is 17.7 Å². The summed E-state index contributed by atoms with van der Waals surface area (Å²) in [6, 6.07) is 14.2. The third-order valence-corrected chi connectivity index (χ3v) is 5.25. The monoisotopic (exact) mass is 437 g/mol. The van der Waals surface area contributed by atoms with Crippen LogP contribution in [0, 0.1) is 11.8 Å². The number of aliphatic hydroxyl groups excluding tert-OH is 1. The number of aryl methyl sites for hydroxylation is 1. The van der Waals surface area contributed by atoms with E-state index >= 15 is 0 Å². The lowest BCUT2D eigenvalue weighted by molar-refractivity contribution is -0.148. The molecule has 0 saturated heterocycles. The highest BCUT2D eigenvalue weighted by molar-refractivity contribution is 6.12. The summed E-state index contributed by atoms with van der Waals surface area (Å²) in [5, 5.41) is 20.2. The zero-order valence-electron chi connectivity index (χ0n) is 18.3. The van der Waals surface area contributed by atoms with Crippen LogP contribution in [0.25, 0.3) is 0 Å². The van der Waals surface area contributed by atoms with Gasteiger partial charge in [-0.3, -0.25) is 19.6 Å². The van der Waals surface area contributed by atoms with Crippen molar-refractivity contribution in [3.63, 3.8) is 0 Å². The Bertz CT molecular complexity index is 1000. The molecule has 2 aromatic rings. The lowest BCUT2D eigenvalue weighted by Gasteiger charge is -2.34. The summed E-state index contributed by atoms with van der Waals surface area (Å²) in [7, 11) is 2.64. The van der Waals surface area contributed by atoms with E-state index in [0.29, 0.717) is 5.56 Å². The SMILES string of the molecule is CNC(=O)C(C)(C(=O)NO)N(C)C(=O)c1ccc(C#Cc2ccc(CCCO)cc2)cc1. The van der Waals surface area contributed by atoms with Crippen LogP contribution in [0.1, 0.15) is 40.4 Å². The second kappa shape index (κ2) is 11.1. The summed E-state index contributed by atoms with van der Waals surface area (Å²) >= 11 is 0. The molecule has 3 amide bonds. The molecule has 2 aromatic carbocycles. The lowest BCUT2D eigenvalue weighted by Crippen LogP contribution is -2.64. The molecule has 0 aliphatic rings. The first-order valence-corrected chi connectivity index (χ1v) is 10.0. The molecule has 2 rings (SSSR count). The fraction of sp³-hybridized carbons (Fsp3) is 0.292. The smallest absolute Gasteiger partial charge is 0.278 e. The number of hydrogen-bond acceptors (Lipinski definition) is 5. The van der Waals surface area contributed by atoms with Gasteiger partial charge in [0, 0.05) is 37.4 Å². The fourth-order valence-corrected chi connectivity index (χ4v) is 3.04. The number of rotatable bonds is 7. The number of carbonyl (C=O) groups is 3. The summed E-state index contributed by atoms with van der Waals surface area (Å²) in [5.41, 5.74) is 2.42. The summed E-state index contributed by atoms with van der Waals surface area (Å²) < 4.78 is 0. The molecule has 32 heavy (non-hydrogen) atoms. The van der Waals surface area contributed by atoms with Crippen LogP contribution in [0.4, 0.5) is 0 Å². The van der Waals surface area contributed by atoms with Gasteiger partial charge in [-0.05, 0) is 61.7 Å². The normalized spacial score (nSPS) is 12.0. The maximum Gasteiger partial charge on any atom is 0.278 e. The number of likely N-dealkylation sites (N-methyl/N-ethyl adjacent to an activating group) is 2. The minimum Gasteiger partial charge on any atom is -0.396 e. The van der Waals surface area contributed by atoms with Gasteiger partial charge < -0.3 is 15.3 Å². The molecule has 1 atom stereocenters. The molecule has 168 valence electrons. The van der Waals surface area contributed by atoms with Crippen molar-refractivity contribution in [2.24, 2.45) is 0 Å². The number of nitrogens with zero attached hydrogens (tertiary/aromatic N) is 1. The zero-order valence-corrected chi connectivity index (χ0v) is 18.3. The van der Waals surface area contributed by atoms with E-state index in [1.807, 2.05) is 24.3 Å². The van der Waals surface area contributed by atoms with Crippen molar-refractivity contribution in [1.82, 2.24) is 15.7 Å². The number of benzene rings is 2. The molecule has 0 saturated carbocycles. The van der Waals surface area contributed by atoms with Crippen LogP contribution in [0.3, 0.4) is 0 Å². The van der Waals surface area contributed by atoms with Crippen molar-refractivity contribution in [3.8, 4) is 11.8 Å². The van der Waals surface area contributed by atoms with Crippen molar-refractivity contribution < 1.29 is 24.7 Å². The second-order valence-electron chi connectivity index (χ2n) is 7.31. The molecule has 0 radical (unpaired) electrons. The van der Waals surface area contributed by atoms with Gasteiger partial charge in [0.1, 0.15) is 0 Å². The molecular weight excluding hydrogens is 410 g/mol. The van der Waals surface area contributed by atoms with Gasteiger partial charge in [-0.2, -0.15) is 0 Å². The topological polar surface area (TPSA) is 119 Å². The molecule has 0 spiro atoms. The van der Waals surface area contributed by atoms with E-state index in [1.54, 1.807) is 24.3 Å². The van der Waals surface area contributed by atoms with Crippen LogP contribution in [0.2, 0.25) is 0 Å². The number of amides is 3. The molecule has 0 aromatic heterocycles. The van der Waals surface area contributed by atoms with E-state index in [-0.39, 0.29) is 12.2 Å². The van der Waals surface area contributed by atoms with Crippen LogP contribution in [0.15, 0.2) is 48.5 Å². The Labute approximate surface area is 187 Å². The fourth-order valence-electron chi connectivity index (χ4n) is 3.04. The van der Waals surface area contributed by atoms with E-state index in [9.17, 15) is 14.4 Å². The van der Waals surface area contributed by atoms with Crippen LogP contribution in [-0.2, 0) is 16.0 Å². The molecule has 0 fully saturated rings. The highest BCUT2D eigenvalue weighted by Gasteiger charge is 2.47. The van der Waals surface area contributed by atoms with Gasteiger partial charge in [0.05, 0.1) is 0 Å². The molecule has 4 N–H and O–H groups in total. The maximum absolute atomic E-state index is 12.9. The number of hydroxylamine groups is 1. The van der Waals surface area contributed by atoms with Gasteiger partial charge in [-0.1, -0.05) is 24.0 Å². The predicted molar refractivity (Wildman–Crippen MR) is 119 cm³/mol. The third-order valence-electron chi connectivity index (χ3n) is 5.25. The molecular formula is C24H27N3O5. The van der Waals surface area contributed by atoms with Crippen LogP contribution >= 0.6 is 0 Å². The molecule has 0 heterocycles. The minimum absolute atomic E-state index is 0.162. The van der Waals surface area contributed by atoms with E-state index in [4.69, 9.17) is 10.3 Å². The number of hydrogen-bond donors (Lipinski definition) is 4. The average molecular weight is 437 g/mol. The first-order chi connectivity index (χ1) is 15.3. The van der Waals surface area contributed by atoms with Crippen molar-refractivity contribution in [2.75, 3.05) is 20.7 Å². The van der Waals surface area contributed by atoms with Crippen LogP contribution in [0.5, 0.6) is 0 Å². The summed E-state index contributed by atoms with van der Waals surface area (Å²) in [6.07, 6.45) is 1.53. The van der Waals surface area contributed by atoms with E-state index < -0.39 is 23.3 Å². The Morgan fingerprint density at radius 2 is 1.50 bits per heavy atom. The Hall–Kier alpha value is -3.67. The van der Waals surface area contributed by atoms with Crippen molar-refractivity contribution in [3.05, 3.63) is 70.8 Å². The van der Waals surface area contributed by atoms with Crippen molar-refractivity contribution in [2.45, 2.75) is 25.3 Å². The number of carbonyl (C=O) groups excluding carboxylic acids is 3. The molecule has 0 aliphatic heterocycles. The zero-order chi connectivity index (χ0) is 23.7. The van der Waals surface area contributed by atoms with E-state index in [2.05, 4.69) is 17.2 Å². The molecule has 0 bridgehead atoms. The van der Waals surface area contributed by atoms with Gasteiger partial charge >= 0.3 is 0 Å². The summed E-state index contributed by atoms with van der Waals surface area (Å²) in [5.74, 6) is 3.74.